The molecule has 1 atom stereocenters. The van der Waals surface area contributed by atoms with Gasteiger partial charge in [-0.25, -0.2) is 0 Å². The van der Waals surface area contributed by atoms with Crippen molar-refractivity contribution in [3.63, 3.8) is 0 Å². The molecule has 4 heteroatoms. The molecule has 2 aromatic carbocycles. The fraction of sp³-hybridized carbons (Fsp3) is 0.348. The molecule has 1 aromatic heterocycles. The minimum Gasteiger partial charge on any atom is -0.476 e. The van der Waals surface area contributed by atoms with Crippen molar-refractivity contribution < 1.29 is 4.74 Å². The van der Waals surface area contributed by atoms with Crippen molar-refractivity contribution in [2.24, 2.45) is 5.73 Å². The van der Waals surface area contributed by atoms with Crippen molar-refractivity contribution in [2.75, 3.05) is 0 Å². The summed E-state index contributed by atoms with van der Waals surface area (Å²) >= 11 is 3.50. The molecule has 27 heavy (non-hydrogen) atoms. The zero-order valence-electron chi connectivity index (χ0n) is 16.0. The van der Waals surface area contributed by atoms with Crippen LogP contribution in [0.3, 0.4) is 0 Å². The Kier molecular flexibility index (Phi) is 6.86. The maximum absolute atomic E-state index is 6.15. The molecule has 0 saturated heterocycles. The first-order valence-electron chi connectivity index (χ1n) is 9.66. The van der Waals surface area contributed by atoms with Crippen LogP contribution in [0.25, 0.3) is 22.0 Å². The van der Waals surface area contributed by atoms with E-state index in [0.717, 1.165) is 39.7 Å². The second-order valence-electron chi connectivity index (χ2n) is 7.00. The van der Waals surface area contributed by atoms with Crippen LogP contribution >= 0.6 is 15.9 Å². The van der Waals surface area contributed by atoms with Gasteiger partial charge in [-0.05, 0) is 61.2 Å². The third kappa shape index (κ3) is 5.30. The van der Waals surface area contributed by atoms with Gasteiger partial charge in [0.15, 0.2) is 0 Å². The van der Waals surface area contributed by atoms with Gasteiger partial charge in [0.25, 0.3) is 0 Å². The van der Waals surface area contributed by atoms with E-state index in [4.69, 9.17) is 15.5 Å². The third-order valence-electron chi connectivity index (χ3n) is 4.69. The molecule has 0 aliphatic carbocycles. The molecule has 0 bridgehead atoms. The van der Waals surface area contributed by atoms with Gasteiger partial charge in [-0.15, -0.1) is 0 Å². The Morgan fingerprint density at radius 2 is 1.81 bits per heavy atom. The maximum atomic E-state index is 6.15. The number of aromatic nitrogens is 1. The largest absolute Gasteiger partial charge is 0.476 e. The van der Waals surface area contributed by atoms with Crippen molar-refractivity contribution in [3.8, 4) is 16.9 Å². The molecular formula is C23H27BrN2O. The summed E-state index contributed by atoms with van der Waals surface area (Å²) in [5.41, 5.74) is 10.4. The molecule has 142 valence electrons. The first kappa shape index (κ1) is 19.8. The Bertz CT molecular complexity index is 893. The number of unbranched alkanes of at least 4 members (excludes halogenated alkanes) is 3. The lowest BCUT2D eigenvalue weighted by atomic mass is 10.0. The lowest BCUT2D eigenvalue weighted by molar-refractivity contribution is 0.194. The van der Waals surface area contributed by atoms with Gasteiger partial charge in [0.2, 0.25) is 0 Å². The molecule has 0 aliphatic heterocycles. The topological polar surface area (TPSA) is 48.1 Å². The summed E-state index contributed by atoms with van der Waals surface area (Å²) in [6.07, 6.45) is 5.41. The molecule has 3 rings (SSSR count). The molecule has 3 nitrogen and oxygen atoms in total. The number of aryl methyl sites for hydroxylation is 1. The second kappa shape index (κ2) is 9.34. The minimum absolute atomic E-state index is 0.268. The van der Waals surface area contributed by atoms with Gasteiger partial charge in [0.1, 0.15) is 12.0 Å². The number of hydrogen-bond acceptors (Lipinski definition) is 3. The van der Waals surface area contributed by atoms with Crippen LogP contribution in [0.4, 0.5) is 0 Å². The molecule has 0 radical (unpaired) electrons. The number of ether oxygens (including phenoxy) is 1. The molecule has 0 amide bonds. The standard InChI is InChI=1S/C23H27BrN2O/c1-3-4-5-6-7-23(25)27-19-12-13-20-21(14-16(2)26-22(20)15-19)17-8-10-18(24)11-9-17/h8-15,23H,3-7,25H2,1-2H3. The second-order valence-corrected chi connectivity index (χ2v) is 7.92. The number of fused-ring (bicyclic) bond motifs is 1. The van der Waals surface area contributed by atoms with Crippen molar-refractivity contribution >= 4 is 26.8 Å². The summed E-state index contributed by atoms with van der Waals surface area (Å²) in [4.78, 5) is 4.70. The van der Waals surface area contributed by atoms with Crippen LogP contribution in [0.2, 0.25) is 0 Å². The molecule has 2 N–H and O–H groups in total. The van der Waals surface area contributed by atoms with E-state index < -0.39 is 0 Å². The molecule has 0 spiro atoms. The highest BCUT2D eigenvalue weighted by Gasteiger charge is 2.10. The van der Waals surface area contributed by atoms with Crippen LogP contribution in [0.5, 0.6) is 5.75 Å². The molecule has 1 unspecified atom stereocenters. The SMILES string of the molecule is CCCCCCC(N)Oc1ccc2c(-c3ccc(Br)cc3)cc(C)nc2c1. The van der Waals surface area contributed by atoms with Crippen LogP contribution in [0, 0.1) is 6.92 Å². The Morgan fingerprint density at radius 3 is 2.56 bits per heavy atom. The lowest BCUT2D eigenvalue weighted by Crippen LogP contribution is -2.26. The Balaban J connectivity index is 1.82. The average molecular weight is 427 g/mol. The Labute approximate surface area is 170 Å². The summed E-state index contributed by atoms with van der Waals surface area (Å²) < 4.78 is 7.01. The summed E-state index contributed by atoms with van der Waals surface area (Å²) in [7, 11) is 0. The van der Waals surface area contributed by atoms with Gasteiger partial charge in [0, 0.05) is 21.6 Å². The number of hydrogen-bond donors (Lipinski definition) is 1. The van der Waals surface area contributed by atoms with Crippen LogP contribution < -0.4 is 10.5 Å². The molecule has 0 saturated carbocycles. The highest BCUT2D eigenvalue weighted by atomic mass is 79.9. The number of rotatable bonds is 8. The monoisotopic (exact) mass is 426 g/mol. The number of nitrogens with two attached hydrogens (primary N) is 1. The lowest BCUT2D eigenvalue weighted by Gasteiger charge is -2.15. The average Bonchev–Trinajstić information content (AvgIpc) is 2.65. The van der Waals surface area contributed by atoms with Crippen LogP contribution in [0.1, 0.15) is 44.7 Å². The summed E-state index contributed by atoms with van der Waals surface area (Å²) in [6, 6.07) is 16.6. The summed E-state index contributed by atoms with van der Waals surface area (Å²) in [5.74, 6) is 0.783. The maximum Gasteiger partial charge on any atom is 0.147 e. The van der Waals surface area contributed by atoms with Crippen molar-refractivity contribution in [1.82, 2.24) is 4.98 Å². The number of benzene rings is 2. The smallest absolute Gasteiger partial charge is 0.147 e. The molecule has 1 heterocycles. The predicted octanol–water partition coefficient (Wildman–Crippen LogP) is 6.61. The van der Waals surface area contributed by atoms with Crippen molar-refractivity contribution in [3.05, 3.63) is 58.7 Å². The fourth-order valence-corrected chi connectivity index (χ4v) is 3.55. The summed E-state index contributed by atoms with van der Waals surface area (Å²) in [5, 5.41) is 1.12. The predicted molar refractivity (Wildman–Crippen MR) is 117 cm³/mol. The molecule has 3 aromatic rings. The van der Waals surface area contributed by atoms with Gasteiger partial charge < -0.3 is 4.74 Å². The van der Waals surface area contributed by atoms with Gasteiger partial charge in [-0.1, -0.05) is 54.2 Å². The quantitative estimate of drug-likeness (QED) is 0.325. The van der Waals surface area contributed by atoms with Gasteiger partial charge in [-0.2, -0.15) is 0 Å². The summed E-state index contributed by atoms with van der Waals surface area (Å²) in [6.45, 7) is 4.23. The van der Waals surface area contributed by atoms with E-state index >= 15 is 0 Å². The first-order valence-corrected chi connectivity index (χ1v) is 10.5. The Morgan fingerprint density at radius 1 is 1.04 bits per heavy atom. The Hall–Kier alpha value is -1.91. The van der Waals surface area contributed by atoms with Crippen LogP contribution in [0.15, 0.2) is 53.0 Å². The van der Waals surface area contributed by atoms with E-state index in [2.05, 4.69) is 59.3 Å². The normalized spacial score (nSPS) is 12.3. The number of nitrogens with zero attached hydrogens (tertiary/aromatic N) is 1. The van der Waals surface area contributed by atoms with Gasteiger partial charge >= 0.3 is 0 Å². The van der Waals surface area contributed by atoms with E-state index in [0.29, 0.717) is 0 Å². The number of halogens is 1. The highest BCUT2D eigenvalue weighted by molar-refractivity contribution is 9.10. The zero-order chi connectivity index (χ0) is 19.2. The molecule has 0 aliphatic rings. The van der Waals surface area contributed by atoms with E-state index in [9.17, 15) is 0 Å². The van der Waals surface area contributed by atoms with Crippen LogP contribution in [-0.2, 0) is 0 Å². The van der Waals surface area contributed by atoms with Crippen molar-refractivity contribution in [2.45, 2.75) is 52.2 Å². The van der Waals surface area contributed by atoms with E-state index in [-0.39, 0.29) is 6.23 Å². The van der Waals surface area contributed by atoms with Crippen molar-refractivity contribution in [1.29, 1.82) is 0 Å². The van der Waals surface area contributed by atoms with Crippen LogP contribution in [-0.4, -0.2) is 11.2 Å². The molecule has 0 fully saturated rings. The number of pyridine rings is 1. The first-order chi connectivity index (χ1) is 13.1. The van der Waals surface area contributed by atoms with E-state index in [1.165, 1.54) is 30.4 Å². The zero-order valence-corrected chi connectivity index (χ0v) is 17.6. The van der Waals surface area contributed by atoms with Gasteiger partial charge in [0.05, 0.1) is 5.52 Å². The fourth-order valence-electron chi connectivity index (χ4n) is 3.29. The van der Waals surface area contributed by atoms with E-state index in [1.807, 2.05) is 19.1 Å². The molecular weight excluding hydrogens is 400 g/mol. The van der Waals surface area contributed by atoms with Gasteiger partial charge in [-0.3, -0.25) is 10.7 Å². The third-order valence-corrected chi connectivity index (χ3v) is 5.22. The highest BCUT2D eigenvalue weighted by Crippen LogP contribution is 2.31. The van der Waals surface area contributed by atoms with E-state index in [1.54, 1.807) is 0 Å². The minimum atomic E-state index is -0.268.